The van der Waals surface area contributed by atoms with E-state index in [1.807, 2.05) is 0 Å². The van der Waals surface area contributed by atoms with E-state index in [2.05, 4.69) is 512 Å². The zero-order valence-corrected chi connectivity index (χ0v) is 82.8. The number of hydrogen-bond donors (Lipinski definition) is 0. The van der Waals surface area contributed by atoms with Gasteiger partial charge >= 0.3 is 0 Å². The highest BCUT2D eigenvalue weighted by Crippen LogP contribution is 2.38. The molecule has 5 heteroatoms. The van der Waals surface area contributed by atoms with Crippen LogP contribution in [-0.2, 0) is 54.5 Å². The molecule has 652 valence electrons. The van der Waals surface area contributed by atoms with Crippen molar-refractivity contribution < 1.29 is 22.8 Å². The van der Waals surface area contributed by atoms with Gasteiger partial charge < -0.3 is 0 Å². The highest BCUT2D eigenvalue weighted by Gasteiger charge is 2.26. The zero-order chi connectivity index (χ0) is 92.4. The molecule has 0 saturated carbocycles. The van der Waals surface area contributed by atoms with Gasteiger partial charge in [0.2, 0.25) is 28.5 Å². The molecule has 0 aliphatic rings. The minimum atomic E-state index is 0.275. The van der Waals surface area contributed by atoms with Crippen LogP contribution in [0.3, 0.4) is 0 Å². The Labute approximate surface area is 765 Å². The third-order valence-corrected chi connectivity index (χ3v) is 24.7. The van der Waals surface area contributed by atoms with Crippen molar-refractivity contribution in [1.82, 2.24) is 0 Å². The highest BCUT2D eigenvalue weighted by molar-refractivity contribution is 5.80. The van der Waals surface area contributed by atoms with Gasteiger partial charge in [-0.1, -0.05) is 260 Å². The molecular formula is C122H144N5+5. The van der Waals surface area contributed by atoms with Crippen LogP contribution in [0, 0.1) is 134 Å². The molecule has 15 rings (SSSR count). The highest BCUT2D eigenvalue weighted by atomic mass is 14.9. The van der Waals surface area contributed by atoms with Crippen molar-refractivity contribution in [3.63, 3.8) is 0 Å². The molecule has 0 radical (unpaired) electrons. The van der Waals surface area contributed by atoms with Gasteiger partial charge in [0.05, 0.1) is 0 Å². The number of aromatic nitrogens is 5. The first kappa shape index (κ1) is 95.6. The van der Waals surface area contributed by atoms with Gasteiger partial charge in [-0.3, -0.25) is 0 Å². The van der Waals surface area contributed by atoms with Crippen LogP contribution in [0.4, 0.5) is 0 Å². The first-order valence-corrected chi connectivity index (χ1v) is 45.6. The number of nitrogens with zero attached hydrogens (tertiary/aromatic N) is 5. The van der Waals surface area contributed by atoms with E-state index < -0.39 is 0 Å². The van der Waals surface area contributed by atoms with Gasteiger partial charge in [0.1, 0.15) is 35.2 Å². The molecule has 0 unspecified atom stereocenters. The molecule has 5 nitrogen and oxygen atoms in total. The predicted molar refractivity (Wildman–Crippen MR) is 542 cm³/mol. The van der Waals surface area contributed by atoms with Crippen LogP contribution in [0.1, 0.15) is 174 Å². The molecule has 0 amide bonds. The Bertz CT molecular complexity index is 6410. The predicted octanol–water partition coefficient (Wildman–Crippen LogP) is 29.2. The van der Waals surface area contributed by atoms with E-state index in [1.54, 1.807) is 0 Å². The SMILES string of the molecule is Cc1ccc(-c2cc(-c3cc(C)cc[n+]3C)c(C)cc2C)cc1.Cc1ccc(-c2cc(-c3cc(CC(C)(C)C)c(C)c[n+]3C)c(C)cc2C)cc1.Cc1ccc(-c2ccc(C)c(-c3cc(C)c(C)c[n+]3C)c2)cc1.Cc1ccc(-c2ccc(C)c(-c3cc(CC(C)(C)C)c(C)c[n+]3C)c2)cc1.Cc1ccc(-c2ccc(C)c(-c3cc(CC(C)(C)C)cc[n+]3C)c2)cc1. The summed E-state index contributed by atoms with van der Waals surface area (Å²) in [5.74, 6) is 0. The van der Waals surface area contributed by atoms with Crippen LogP contribution >= 0.6 is 0 Å². The molecule has 10 aromatic carbocycles. The van der Waals surface area contributed by atoms with Crippen molar-refractivity contribution in [2.45, 2.75) is 199 Å². The van der Waals surface area contributed by atoms with Gasteiger partial charge in [-0.25, -0.2) is 22.8 Å². The molecule has 0 spiro atoms. The van der Waals surface area contributed by atoms with Crippen LogP contribution in [-0.4, -0.2) is 0 Å². The van der Waals surface area contributed by atoms with Gasteiger partial charge in [0.25, 0.3) is 0 Å². The molecule has 0 fully saturated rings. The number of pyridine rings is 5. The molecule has 0 saturated heterocycles. The van der Waals surface area contributed by atoms with Crippen molar-refractivity contribution in [2.75, 3.05) is 0 Å². The van der Waals surface area contributed by atoms with Crippen LogP contribution in [0.5, 0.6) is 0 Å². The van der Waals surface area contributed by atoms with Gasteiger partial charge in [0, 0.05) is 87.0 Å². The van der Waals surface area contributed by atoms with E-state index in [-0.39, 0.29) is 16.2 Å². The average Bonchev–Trinajstić information content (AvgIpc) is 0.794. The third kappa shape index (κ3) is 25.2. The lowest BCUT2D eigenvalue weighted by atomic mass is 9.86. The van der Waals surface area contributed by atoms with Crippen molar-refractivity contribution in [3.8, 4) is 112 Å². The van der Waals surface area contributed by atoms with E-state index >= 15 is 0 Å². The molecular weight excluding hydrogens is 1540 g/mol. The summed E-state index contributed by atoms with van der Waals surface area (Å²) in [5.41, 5.74) is 53.2. The Morgan fingerprint density at radius 2 is 0.449 bits per heavy atom. The molecule has 0 aliphatic carbocycles. The normalized spacial score (nSPS) is 11.4. The molecule has 0 aliphatic heterocycles. The maximum Gasteiger partial charge on any atom is 0.212 e. The van der Waals surface area contributed by atoms with Crippen LogP contribution in [0.25, 0.3) is 112 Å². The summed E-state index contributed by atoms with van der Waals surface area (Å²) in [6.07, 6.45) is 14.3. The van der Waals surface area contributed by atoms with Crippen LogP contribution in [0.15, 0.2) is 274 Å². The van der Waals surface area contributed by atoms with E-state index in [1.165, 1.54) is 223 Å². The van der Waals surface area contributed by atoms with E-state index in [9.17, 15) is 0 Å². The van der Waals surface area contributed by atoms with Gasteiger partial charge in [-0.15, -0.1) is 0 Å². The van der Waals surface area contributed by atoms with Crippen LogP contribution < -0.4 is 22.8 Å². The van der Waals surface area contributed by atoms with Crippen molar-refractivity contribution >= 4 is 0 Å². The number of hydrogen-bond acceptors (Lipinski definition) is 0. The smallest absolute Gasteiger partial charge is 0.201 e. The largest absolute Gasteiger partial charge is 0.212 e. The molecule has 0 bridgehead atoms. The lowest BCUT2D eigenvalue weighted by Gasteiger charge is -2.20. The quantitative estimate of drug-likeness (QED) is 0.103. The maximum atomic E-state index is 2.40. The van der Waals surface area contributed by atoms with Crippen molar-refractivity contribution in [1.29, 1.82) is 0 Å². The Balaban J connectivity index is 0.000000154. The molecule has 127 heavy (non-hydrogen) atoms. The number of benzene rings is 10. The fourth-order valence-electron chi connectivity index (χ4n) is 17.2. The molecule has 5 heterocycles. The number of rotatable bonds is 13. The summed E-state index contributed by atoms with van der Waals surface area (Å²) in [7, 11) is 10.7. The van der Waals surface area contributed by atoms with Crippen molar-refractivity contribution in [3.05, 3.63) is 385 Å². The number of aryl methyl sites for hydroxylation is 22. The summed E-state index contributed by atoms with van der Waals surface area (Å²) in [6, 6.07) is 89.7. The minimum Gasteiger partial charge on any atom is -0.201 e. The molecule has 5 aromatic heterocycles. The summed E-state index contributed by atoms with van der Waals surface area (Å²) in [6.45, 7) is 57.8. The second-order valence-electron chi connectivity index (χ2n) is 40.4. The monoisotopic (exact) mass is 1680 g/mol. The summed E-state index contributed by atoms with van der Waals surface area (Å²) in [4.78, 5) is 0. The Hall–Kier alpha value is -12.1. The lowest BCUT2D eigenvalue weighted by Crippen LogP contribution is -2.32. The summed E-state index contributed by atoms with van der Waals surface area (Å²) >= 11 is 0. The Kier molecular flexibility index (Phi) is 30.7. The van der Waals surface area contributed by atoms with E-state index in [0.29, 0.717) is 0 Å². The van der Waals surface area contributed by atoms with Gasteiger partial charge in [0.15, 0.2) is 31.0 Å². The van der Waals surface area contributed by atoms with E-state index in [4.69, 9.17) is 0 Å². The van der Waals surface area contributed by atoms with Gasteiger partial charge in [-0.05, 0) is 306 Å². The molecule has 0 atom stereocenters. The Morgan fingerprint density at radius 1 is 0.181 bits per heavy atom. The minimum absolute atomic E-state index is 0.275. The Morgan fingerprint density at radius 3 is 0.780 bits per heavy atom. The first-order valence-electron chi connectivity index (χ1n) is 45.6. The molecule has 0 N–H and O–H groups in total. The van der Waals surface area contributed by atoms with Crippen molar-refractivity contribution in [2.24, 2.45) is 51.5 Å². The topological polar surface area (TPSA) is 19.4 Å². The first-order chi connectivity index (χ1) is 59.8. The standard InChI is InChI=1S/C27H34N.C26H32N.C25H30N.2C22H24N/c1-18-9-11-22(12-10-18)24-15-25(20(3)13-19(24)2)26-14-23(16-27(5,6)7)21(4)17-28(26)8;1-18-8-11-21(12-9-18)22-13-10-19(2)24(14-22)25-15-23(16-26(4,5)6)20(3)17-27(25)7;1-18-7-10-21(11-8-18)22-12-9-19(2)23(16-22)24-15-20(13-14-26(24)6)17-25(3,4)5;1-15-6-9-19(10-7-15)20-11-8-16(2)21(13-20)22-12-17(3)18(4)14-23(22)5;1-15-6-8-19(9-7-15)20-14-21(18(4)13-17(20)3)22-12-16(2)10-11-23(22)5/h9-15,17H,16H2,1-8H3;8-15,17H,16H2,1-7H3;7-16H,17H2,1-6H3;2*6-14H,1-5H3/q5*+1. The lowest BCUT2D eigenvalue weighted by molar-refractivity contribution is -0.660. The van der Waals surface area contributed by atoms with E-state index in [0.717, 1.165) is 19.3 Å². The summed E-state index contributed by atoms with van der Waals surface area (Å²) in [5, 5.41) is 0. The summed E-state index contributed by atoms with van der Waals surface area (Å²) < 4.78 is 11.2. The second-order valence-corrected chi connectivity index (χ2v) is 40.4. The van der Waals surface area contributed by atoms with Crippen LogP contribution in [0.2, 0.25) is 0 Å². The third-order valence-electron chi connectivity index (χ3n) is 24.7. The fourth-order valence-corrected chi connectivity index (χ4v) is 17.2. The second kappa shape index (κ2) is 40.7. The maximum absolute atomic E-state index is 2.40. The fraction of sp³-hybridized carbons (Fsp3) is 0.303. The molecule has 15 aromatic rings. The zero-order valence-electron chi connectivity index (χ0n) is 82.8. The van der Waals surface area contributed by atoms with Gasteiger partial charge in [-0.2, -0.15) is 0 Å². The average molecular weight is 1680 g/mol.